The van der Waals surface area contributed by atoms with Crippen LogP contribution < -0.4 is 5.32 Å². The highest BCUT2D eigenvalue weighted by atomic mass is 19.4. The molecule has 0 aliphatic rings. The smallest absolute Gasteiger partial charge is 0.306 e. The third-order valence-electron chi connectivity index (χ3n) is 4.83. The minimum atomic E-state index is -4.51. The lowest BCUT2D eigenvalue weighted by molar-refractivity contribution is -0.137. The zero-order chi connectivity index (χ0) is 23.0. The van der Waals surface area contributed by atoms with Crippen molar-refractivity contribution < 1.29 is 22.4 Å². The highest BCUT2D eigenvalue weighted by Gasteiger charge is 2.31. The summed E-state index contributed by atoms with van der Waals surface area (Å²) in [6.45, 7) is 3.27. The van der Waals surface area contributed by atoms with Crippen molar-refractivity contribution in [1.82, 2.24) is 19.6 Å². The Bertz CT molecular complexity index is 1310. The van der Waals surface area contributed by atoms with Gasteiger partial charge in [0, 0.05) is 6.07 Å². The van der Waals surface area contributed by atoms with Crippen LogP contribution in [0.25, 0.3) is 11.4 Å². The molecule has 1 amide bonds. The van der Waals surface area contributed by atoms with Crippen molar-refractivity contribution >= 4 is 11.7 Å². The molecule has 32 heavy (non-hydrogen) atoms. The zero-order valence-electron chi connectivity index (χ0n) is 17.0. The fourth-order valence-electron chi connectivity index (χ4n) is 3.28. The standard InChI is InChI=1S/C22H17F4N5O/c1-13-10-20(31(29-13)16-7-5-6-15(11-16)22(24,25)26)28-21(32)17-12-27-30(14(17)2)19-9-4-3-8-18(19)23/h3-12H,1-2H3,(H,28,32). The molecule has 4 aromatic rings. The maximum atomic E-state index is 14.1. The number of hydrogen-bond donors (Lipinski definition) is 1. The Morgan fingerprint density at radius 2 is 1.75 bits per heavy atom. The summed E-state index contributed by atoms with van der Waals surface area (Å²) < 4.78 is 55.9. The van der Waals surface area contributed by atoms with Crippen LogP contribution in [0.15, 0.2) is 60.8 Å². The van der Waals surface area contributed by atoms with Crippen LogP contribution in [0.5, 0.6) is 0 Å². The van der Waals surface area contributed by atoms with Crippen molar-refractivity contribution in [3.8, 4) is 11.4 Å². The Balaban J connectivity index is 1.66. The molecule has 2 heterocycles. The molecule has 164 valence electrons. The van der Waals surface area contributed by atoms with Gasteiger partial charge < -0.3 is 5.32 Å². The van der Waals surface area contributed by atoms with Gasteiger partial charge >= 0.3 is 6.18 Å². The van der Waals surface area contributed by atoms with E-state index in [4.69, 9.17) is 0 Å². The lowest BCUT2D eigenvalue weighted by Crippen LogP contribution is -2.16. The second kappa shape index (κ2) is 7.95. The molecular formula is C22H17F4N5O. The van der Waals surface area contributed by atoms with E-state index < -0.39 is 23.5 Å². The molecule has 0 unspecified atom stereocenters. The minimum Gasteiger partial charge on any atom is -0.306 e. The lowest BCUT2D eigenvalue weighted by atomic mass is 10.2. The van der Waals surface area contributed by atoms with Gasteiger partial charge in [-0.2, -0.15) is 23.4 Å². The summed E-state index contributed by atoms with van der Waals surface area (Å²) in [4.78, 5) is 12.9. The molecule has 2 aromatic heterocycles. The SMILES string of the molecule is Cc1cc(NC(=O)c2cnn(-c3ccccc3F)c2C)n(-c2cccc(C(F)(F)F)c2)n1. The fraction of sp³-hybridized carbons (Fsp3) is 0.136. The third-order valence-corrected chi connectivity index (χ3v) is 4.83. The largest absolute Gasteiger partial charge is 0.416 e. The predicted octanol–water partition coefficient (Wildman–Crippen LogP) is 5.09. The quantitative estimate of drug-likeness (QED) is 0.447. The number of amides is 1. The molecule has 0 bridgehead atoms. The molecule has 6 nitrogen and oxygen atoms in total. The molecule has 0 aliphatic heterocycles. The van der Waals surface area contributed by atoms with E-state index in [-0.39, 0.29) is 22.8 Å². The van der Waals surface area contributed by atoms with Gasteiger partial charge in [-0.25, -0.2) is 13.8 Å². The summed E-state index contributed by atoms with van der Waals surface area (Å²) in [5.41, 5.74) is 0.576. The van der Waals surface area contributed by atoms with E-state index in [2.05, 4.69) is 15.5 Å². The molecule has 0 saturated carbocycles. The number of nitrogens with zero attached hydrogens (tertiary/aromatic N) is 4. The molecule has 0 fully saturated rings. The molecule has 0 atom stereocenters. The first-order chi connectivity index (χ1) is 15.1. The molecule has 0 aliphatic carbocycles. The number of benzene rings is 2. The van der Waals surface area contributed by atoms with Crippen molar-refractivity contribution in [2.45, 2.75) is 20.0 Å². The summed E-state index contributed by atoms with van der Waals surface area (Å²) in [6, 6.07) is 12.2. The van der Waals surface area contributed by atoms with Crippen LogP contribution in [0.3, 0.4) is 0 Å². The molecule has 1 N–H and O–H groups in total. The minimum absolute atomic E-state index is 0.141. The number of para-hydroxylation sites is 1. The predicted molar refractivity (Wildman–Crippen MR) is 110 cm³/mol. The number of aryl methyl sites for hydroxylation is 1. The Morgan fingerprint density at radius 1 is 1.00 bits per heavy atom. The molecule has 0 spiro atoms. The van der Waals surface area contributed by atoms with Gasteiger partial charge in [0.05, 0.1) is 34.4 Å². The van der Waals surface area contributed by atoms with E-state index in [1.165, 1.54) is 45.9 Å². The molecule has 10 heteroatoms. The normalized spacial score (nSPS) is 11.6. The van der Waals surface area contributed by atoms with Crippen LogP contribution in [0.2, 0.25) is 0 Å². The number of rotatable bonds is 4. The number of hydrogen-bond acceptors (Lipinski definition) is 3. The number of alkyl halides is 3. The second-order valence-corrected chi connectivity index (χ2v) is 7.09. The number of anilines is 1. The Hall–Kier alpha value is -3.95. The van der Waals surface area contributed by atoms with E-state index in [0.717, 1.165) is 12.1 Å². The topological polar surface area (TPSA) is 64.7 Å². The van der Waals surface area contributed by atoms with Crippen molar-refractivity contribution in [3.63, 3.8) is 0 Å². The maximum Gasteiger partial charge on any atom is 0.416 e. The van der Waals surface area contributed by atoms with Crippen LogP contribution in [-0.2, 0) is 6.18 Å². The summed E-state index contributed by atoms with van der Waals surface area (Å²) in [5, 5.41) is 11.0. The monoisotopic (exact) mass is 443 g/mol. The van der Waals surface area contributed by atoms with Crippen LogP contribution in [0.4, 0.5) is 23.4 Å². The van der Waals surface area contributed by atoms with Crippen molar-refractivity contribution in [3.05, 3.63) is 89.1 Å². The number of nitrogens with one attached hydrogen (secondary N) is 1. The average Bonchev–Trinajstić information content (AvgIpc) is 3.30. The molecule has 2 aromatic carbocycles. The van der Waals surface area contributed by atoms with E-state index in [1.54, 1.807) is 26.0 Å². The fourth-order valence-corrected chi connectivity index (χ4v) is 3.28. The summed E-state index contributed by atoms with van der Waals surface area (Å²) >= 11 is 0. The summed E-state index contributed by atoms with van der Waals surface area (Å²) in [6.07, 6.45) is -3.21. The van der Waals surface area contributed by atoms with Crippen molar-refractivity contribution in [2.24, 2.45) is 0 Å². The number of carbonyl (C=O) groups is 1. The Labute approximate surface area is 180 Å². The first-order valence-electron chi connectivity index (χ1n) is 9.50. The van der Waals surface area contributed by atoms with Crippen LogP contribution in [0, 0.1) is 19.7 Å². The lowest BCUT2D eigenvalue weighted by Gasteiger charge is -2.12. The van der Waals surface area contributed by atoms with E-state index >= 15 is 0 Å². The van der Waals surface area contributed by atoms with Crippen LogP contribution in [-0.4, -0.2) is 25.5 Å². The summed E-state index contributed by atoms with van der Waals surface area (Å²) in [7, 11) is 0. The van der Waals surface area contributed by atoms with Gasteiger partial charge in [0.2, 0.25) is 0 Å². The number of aromatic nitrogens is 4. The molecular weight excluding hydrogens is 426 g/mol. The van der Waals surface area contributed by atoms with Gasteiger partial charge in [0.15, 0.2) is 0 Å². The Kier molecular flexibility index (Phi) is 5.29. The first-order valence-corrected chi connectivity index (χ1v) is 9.50. The maximum absolute atomic E-state index is 14.1. The molecule has 0 saturated heterocycles. The average molecular weight is 443 g/mol. The molecule has 0 radical (unpaired) electrons. The van der Waals surface area contributed by atoms with Crippen LogP contribution >= 0.6 is 0 Å². The van der Waals surface area contributed by atoms with Crippen LogP contribution in [0.1, 0.15) is 27.3 Å². The van der Waals surface area contributed by atoms with Crippen molar-refractivity contribution in [2.75, 3.05) is 5.32 Å². The van der Waals surface area contributed by atoms with Gasteiger partial charge in [-0.1, -0.05) is 18.2 Å². The second-order valence-electron chi connectivity index (χ2n) is 7.09. The highest BCUT2D eigenvalue weighted by Crippen LogP contribution is 2.31. The van der Waals surface area contributed by atoms with E-state index in [9.17, 15) is 22.4 Å². The highest BCUT2D eigenvalue weighted by molar-refractivity contribution is 6.04. The van der Waals surface area contributed by atoms with Gasteiger partial charge in [-0.15, -0.1) is 0 Å². The van der Waals surface area contributed by atoms with Gasteiger partial charge in [-0.05, 0) is 44.2 Å². The third kappa shape index (κ3) is 3.98. The number of carbonyl (C=O) groups excluding carboxylic acids is 1. The van der Waals surface area contributed by atoms with Gasteiger partial charge in [-0.3, -0.25) is 4.79 Å². The zero-order valence-corrected chi connectivity index (χ0v) is 17.0. The first kappa shape index (κ1) is 21.3. The number of halogens is 4. The van der Waals surface area contributed by atoms with Gasteiger partial charge in [0.1, 0.15) is 17.3 Å². The molecule has 4 rings (SSSR count). The Morgan fingerprint density at radius 3 is 2.47 bits per heavy atom. The van der Waals surface area contributed by atoms with Crippen molar-refractivity contribution in [1.29, 1.82) is 0 Å². The van der Waals surface area contributed by atoms with E-state index in [0.29, 0.717) is 11.4 Å². The summed E-state index contributed by atoms with van der Waals surface area (Å²) in [5.74, 6) is -0.869. The van der Waals surface area contributed by atoms with E-state index in [1.807, 2.05) is 0 Å². The van der Waals surface area contributed by atoms with Gasteiger partial charge in [0.25, 0.3) is 5.91 Å².